The molecule has 3 aliphatic rings. The fourth-order valence-electron chi connectivity index (χ4n) is 4.43. The van der Waals surface area contributed by atoms with E-state index in [9.17, 15) is 9.59 Å². The Morgan fingerprint density at radius 2 is 2.04 bits per heavy atom. The highest BCUT2D eigenvalue weighted by Crippen LogP contribution is 2.29. The first kappa shape index (κ1) is 17.3. The number of aryl methyl sites for hydroxylation is 1. The topological polar surface area (TPSA) is 53.8 Å². The number of benzene rings is 1. The molecule has 3 aliphatic heterocycles. The molecule has 5 heteroatoms. The average molecular weight is 354 g/mol. The first-order chi connectivity index (χ1) is 12.5. The molecule has 5 rings (SSSR count). The van der Waals surface area contributed by atoms with Crippen LogP contribution in [0.3, 0.4) is 0 Å². The number of hydrogen-bond acceptors (Lipinski definition) is 4. The van der Waals surface area contributed by atoms with Crippen LogP contribution in [-0.4, -0.2) is 47.9 Å². The van der Waals surface area contributed by atoms with Gasteiger partial charge in [-0.3, -0.25) is 14.5 Å². The molecule has 5 nitrogen and oxygen atoms in total. The minimum atomic E-state index is -0.153. The maximum atomic E-state index is 13.1. The molecule has 3 saturated heterocycles. The molecule has 4 heterocycles. The number of carbonyl (C=O) groups excluding carboxylic acids is 1. The molecular formula is C21H26N2O3. The molecule has 138 valence electrons. The Kier molecular flexibility index (Phi) is 4.57. The van der Waals surface area contributed by atoms with E-state index in [2.05, 4.69) is 11.8 Å². The zero-order chi connectivity index (χ0) is 18.3. The van der Waals surface area contributed by atoms with Crippen LogP contribution in [0, 0.1) is 12.8 Å². The molecular weight excluding hydrogens is 328 g/mol. The van der Waals surface area contributed by atoms with Crippen molar-refractivity contribution in [2.75, 3.05) is 26.2 Å². The molecule has 2 atom stereocenters. The van der Waals surface area contributed by atoms with Crippen molar-refractivity contribution in [1.29, 1.82) is 0 Å². The van der Waals surface area contributed by atoms with E-state index in [4.69, 9.17) is 4.42 Å². The predicted octanol–water partition coefficient (Wildman–Crippen LogP) is 3.05. The molecule has 0 aliphatic carbocycles. The molecule has 0 radical (unpaired) electrons. The molecule has 0 spiro atoms. The van der Waals surface area contributed by atoms with Crippen molar-refractivity contribution in [1.82, 2.24) is 9.80 Å². The molecule has 2 bridgehead atoms. The zero-order valence-corrected chi connectivity index (χ0v) is 15.5. The molecule has 1 aromatic carbocycles. The standard InChI is InChI=1S/C21H26N2O3/c1-3-8-22-11-15-5-6-16(22)13-23(12-15)21(25)20-10-18(24)17-7-4-14(2)9-19(17)26-20/h4,7,9-10,15-16H,3,5-6,8,11-13H2,1-2H3/t15-,16-/m0/s1. The number of hydrogen-bond donors (Lipinski definition) is 0. The summed E-state index contributed by atoms with van der Waals surface area (Å²) in [5, 5.41) is 0.525. The van der Waals surface area contributed by atoms with Gasteiger partial charge in [0, 0.05) is 31.7 Å². The van der Waals surface area contributed by atoms with E-state index in [-0.39, 0.29) is 17.1 Å². The van der Waals surface area contributed by atoms with E-state index in [1.807, 2.05) is 24.0 Å². The Hall–Kier alpha value is -2.14. The van der Waals surface area contributed by atoms with E-state index in [1.54, 1.807) is 6.07 Å². The largest absolute Gasteiger partial charge is 0.451 e. The average Bonchev–Trinajstić information content (AvgIpc) is 2.92. The number of nitrogens with zero attached hydrogens (tertiary/aromatic N) is 2. The van der Waals surface area contributed by atoms with E-state index in [0.29, 0.717) is 22.9 Å². The zero-order valence-electron chi connectivity index (χ0n) is 15.5. The van der Waals surface area contributed by atoms with E-state index < -0.39 is 0 Å². The number of fused-ring (bicyclic) bond motifs is 5. The van der Waals surface area contributed by atoms with Gasteiger partial charge < -0.3 is 9.32 Å². The number of carbonyl (C=O) groups is 1. The smallest absolute Gasteiger partial charge is 0.289 e. The molecule has 1 aromatic heterocycles. The van der Waals surface area contributed by atoms with Gasteiger partial charge in [0.05, 0.1) is 5.39 Å². The van der Waals surface area contributed by atoms with Gasteiger partial charge in [0.25, 0.3) is 5.91 Å². The van der Waals surface area contributed by atoms with Crippen molar-refractivity contribution in [2.45, 2.75) is 39.2 Å². The SMILES string of the molecule is CCCN1C[C@@H]2CC[C@H]1CN(C(=O)c1cc(=O)c3ccc(C)cc3o1)C2. The van der Waals surface area contributed by atoms with E-state index in [1.165, 1.54) is 12.5 Å². The van der Waals surface area contributed by atoms with Crippen molar-refractivity contribution >= 4 is 16.9 Å². The van der Waals surface area contributed by atoms with Gasteiger partial charge in [-0.15, -0.1) is 0 Å². The van der Waals surface area contributed by atoms with Crippen LogP contribution >= 0.6 is 0 Å². The van der Waals surface area contributed by atoms with Gasteiger partial charge in [-0.25, -0.2) is 0 Å². The number of rotatable bonds is 3. The van der Waals surface area contributed by atoms with Gasteiger partial charge in [-0.1, -0.05) is 13.0 Å². The molecule has 3 fully saturated rings. The van der Waals surface area contributed by atoms with Gasteiger partial charge in [0.15, 0.2) is 11.2 Å². The Labute approximate surface area is 153 Å². The van der Waals surface area contributed by atoms with Crippen molar-refractivity contribution in [3.05, 3.63) is 45.8 Å². The summed E-state index contributed by atoms with van der Waals surface area (Å²) in [6.45, 7) is 7.79. The van der Waals surface area contributed by atoms with Crippen molar-refractivity contribution < 1.29 is 9.21 Å². The lowest BCUT2D eigenvalue weighted by atomic mass is 9.95. The highest BCUT2D eigenvalue weighted by molar-refractivity contribution is 5.93. The summed E-state index contributed by atoms with van der Waals surface area (Å²) >= 11 is 0. The minimum Gasteiger partial charge on any atom is -0.451 e. The highest BCUT2D eigenvalue weighted by atomic mass is 16.3. The van der Waals surface area contributed by atoms with Crippen LogP contribution < -0.4 is 5.43 Å². The summed E-state index contributed by atoms with van der Waals surface area (Å²) in [6.07, 6.45) is 3.46. The first-order valence-corrected chi connectivity index (χ1v) is 9.63. The van der Waals surface area contributed by atoms with E-state index >= 15 is 0 Å². The van der Waals surface area contributed by atoms with Crippen LogP contribution in [-0.2, 0) is 0 Å². The molecule has 0 unspecified atom stereocenters. The third kappa shape index (κ3) is 3.16. The summed E-state index contributed by atoms with van der Waals surface area (Å²) < 4.78 is 5.84. The Balaban J connectivity index is 1.63. The third-order valence-corrected chi connectivity index (χ3v) is 5.72. The lowest BCUT2D eigenvalue weighted by molar-refractivity contribution is 0.0707. The summed E-state index contributed by atoms with van der Waals surface area (Å²) in [7, 11) is 0. The number of piperidine rings is 1. The highest BCUT2D eigenvalue weighted by Gasteiger charge is 2.36. The molecule has 0 saturated carbocycles. The van der Waals surface area contributed by atoms with Gasteiger partial charge in [0.2, 0.25) is 0 Å². The monoisotopic (exact) mass is 354 g/mol. The third-order valence-electron chi connectivity index (χ3n) is 5.72. The molecule has 1 amide bonds. The predicted molar refractivity (Wildman–Crippen MR) is 102 cm³/mol. The van der Waals surface area contributed by atoms with Crippen molar-refractivity contribution in [3.8, 4) is 0 Å². The Bertz CT molecular complexity index is 888. The normalized spacial score (nSPS) is 23.4. The maximum Gasteiger partial charge on any atom is 0.289 e. The van der Waals surface area contributed by atoms with Gasteiger partial charge in [0.1, 0.15) is 5.58 Å². The first-order valence-electron chi connectivity index (χ1n) is 9.63. The molecule has 0 N–H and O–H groups in total. The minimum absolute atomic E-state index is 0.152. The fraction of sp³-hybridized carbons (Fsp3) is 0.524. The van der Waals surface area contributed by atoms with Gasteiger partial charge in [-0.2, -0.15) is 0 Å². The summed E-state index contributed by atoms with van der Waals surface area (Å²) in [6, 6.07) is 7.25. The second-order valence-corrected chi connectivity index (χ2v) is 7.78. The molecule has 2 aromatic rings. The second kappa shape index (κ2) is 6.88. The lowest BCUT2D eigenvalue weighted by Crippen LogP contribution is -2.44. The van der Waals surface area contributed by atoms with Crippen LogP contribution in [0.15, 0.2) is 33.5 Å². The quantitative estimate of drug-likeness (QED) is 0.850. The fourth-order valence-corrected chi connectivity index (χ4v) is 4.43. The van der Waals surface area contributed by atoms with Gasteiger partial charge >= 0.3 is 0 Å². The van der Waals surface area contributed by atoms with E-state index in [0.717, 1.165) is 44.6 Å². The lowest BCUT2D eigenvalue weighted by Gasteiger charge is -2.35. The van der Waals surface area contributed by atoms with Crippen LogP contribution in [0.5, 0.6) is 0 Å². The maximum absolute atomic E-state index is 13.1. The summed E-state index contributed by atoms with van der Waals surface area (Å²) in [5.41, 5.74) is 1.35. The van der Waals surface area contributed by atoms with Crippen molar-refractivity contribution in [3.63, 3.8) is 0 Å². The second-order valence-electron chi connectivity index (χ2n) is 7.78. The summed E-state index contributed by atoms with van der Waals surface area (Å²) in [4.78, 5) is 29.9. The van der Waals surface area contributed by atoms with Gasteiger partial charge in [-0.05, 0) is 56.3 Å². The molecule has 26 heavy (non-hydrogen) atoms. The Morgan fingerprint density at radius 3 is 2.85 bits per heavy atom. The van der Waals surface area contributed by atoms with Crippen molar-refractivity contribution in [2.24, 2.45) is 5.92 Å². The summed E-state index contributed by atoms with van der Waals surface area (Å²) in [5.74, 6) is 0.524. The van der Waals surface area contributed by atoms with Crippen LogP contribution in [0.25, 0.3) is 11.0 Å². The van der Waals surface area contributed by atoms with Crippen LogP contribution in [0.2, 0.25) is 0 Å². The Morgan fingerprint density at radius 1 is 1.19 bits per heavy atom. The number of amides is 1. The van der Waals surface area contributed by atoms with Crippen LogP contribution in [0.1, 0.15) is 42.3 Å². The van der Waals surface area contributed by atoms with Crippen LogP contribution in [0.4, 0.5) is 0 Å².